The number of anilines is 1. The van der Waals surface area contributed by atoms with Crippen LogP contribution in [0, 0.1) is 5.82 Å². The predicted octanol–water partition coefficient (Wildman–Crippen LogP) is 2.21. The molecule has 3 rings (SSSR count). The average molecular weight is 388 g/mol. The normalized spacial score (nSPS) is 16.6. The lowest BCUT2D eigenvalue weighted by atomic mass is 10.1. The van der Waals surface area contributed by atoms with E-state index in [0.717, 1.165) is 5.56 Å². The summed E-state index contributed by atoms with van der Waals surface area (Å²) in [6.45, 7) is 0.101. The molecule has 0 unspecified atom stereocenters. The summed E-state index contributed by atoms with van der Waals surface area (Å²) in [7, 11) is 3.07. The van der Waals surface area contributed by atoms with E-state index in [1.807, 2.05) is 0 Å². The molecule has 148 valence electrons. The number of halogens is 1. The second-order valence-corrected chi connectivity index (χ2v) is 6.23. The number of carbonyl (C=O) groups excluding carboxylic acids is 2. The van der Waals surface area contributed by atoms with Gasteiger partial charge in [0.2, 0.25) is 11.8 Å². The van der Waals surface area contributed by atoms with Crippen molar-refractivity contribution in [3.8, 4) is 11.5 Å². The van der Waals surface area contributed by atoms with Gasteiger partial charge in [0, 0.05) is 17.3 Å². The molecule has 0 bridgehead atoms. The van der Waals surface area contributed by atoms with Crippen molar-refractivity contribution in [2.45, 2.75) is 12.6 Å². The monoisotopic (exact) mass is 388 g/mol. The highest BCUT2D eigenvalue weighted by Crippen LogP contribution is 2.27. The number of methoxy groups -OCH3 is 2. The molecule has 8 heteroatoms. The Morgan fingerprint density at radius 2 is 2.07 bits per heavy atom. The van der Waals surface area contributed by atoms with E-state index in [4.69, 9.17) is 14.2 Å². The van der Waals surface area contributed by atoms with Gasteiger partial charge in [0.05, 0.1) is 27.4 Å². The van der Waals surface area contributed by atoms with Crippen LogP contribution in [0.5, 0.6) is 11.5 Å². The first-order chi connectivity index (χ1) is 13.5. The molecule has 1 atom stereocenters. The van der Waals surface area contributed by atoms with Crippen molar-refractivity contribution in [3.05, 3.63) is 53.8 Å². The molecular weight excluding hydrogens is 367 g/mol. The molecule has 1 aliphatic heterocycles. The Morgan fingerprint density at radius 1 is 1.25 bits per heavy atom. The largest absolute Gasteiger partial charge is 0.497 e. The van der Waals surface area contributed by atoms with E-state index in [9.17, 15) is 14.0 Å². The van der Waals surface area contributed by atoms with Crippen molar-refractivity contribution in [1.29, 1.82) is 0 Å². The molecule has 1 fully saturated rings. The Balaban J connectivity index is 1.81. The van der Waals surface area contributed by atoms with E-state index in [-0.39, 0.29) is 25.7 Å². The van der Waals surface area contributed by atoms with Crippen LogP contribution in [0.15, 0.2) is 42.5 Å². The number of hydrogen-bond acceptors (Lipinski definition) is 5. The summed E-state index contributed by atoms with van der Waals surface area (Å²) in [5.74, 6) is -0.0690. The fourth-order valence-electron chi connectivity index (χ4n) is 2.98. The third kappa shape index (κ3) is 4.40. The van der Waals surface area contributed by atoms with Crippen molar-refractivity contribution >= 4 is 17.5 Å². The van der Waals surface area contributed by atoms with Gasteiger partial charge >= 0.3 is 0 Å². The Labute approximate surface area is 162 Å². The molecule has 1 saturated heterocycles. The third-order valence-electron chi connectivity index (χ3n) is 4.43. The minimum atomic E-state index is -0.851. The summed E-state index contributed by atoms with van der Waals surface area (Å²) in [5.41, 5.74) is 1.03. The fraction of sp³-hybridized carbons (Fsp3) is 0.300. The van der Waals surface area contributed by atoms with Crippen molar-refractivity contribution in [3.63, 3.8) is 0 Å². The Kier molecular flexibility index (Phi) is 6.10. The zero-order valence-corrected chi connectivity index (χ0v) is 15.6. The first-order valence-corrected chi connectivity index (χ1v) is 8.66. The molecule has 1 N–H and O–H groups in total. The lowest BCUT2D eigenvalue weighted by Gasteiger charge is -2.34. The summed E-state index contributed by atoms with van der Waals surface area (Å²) >= 11 is 0. The number of benzene rings is 2. The van der Waals surface area contributed by atoms with Crippen LogP contribution in [0.3, 0.4) is 0 Å². The predicted molar refractivity (Wildman–Crippen MR) is 99.7 cm³/mol. The molecule has 1 aliphatic rings. The molecule has 2 aromatic carbocycles. The molecule has 0 spiro atoms. The van der Waals surface area contributed by atoms with Gasteiger partial charge in [-0.15, -0.1) is 0 Å². The van der Waals surface area contributed by atoms with Gasteiger partial charge in [-0.3, -0.25) is 9.59 Å². The van der Waals surface area contributed by atoms with Gasteiger partial charge in [0.1, 0.15) is 30.0 Å². The lowest BCUT2D eigenvalue weighted by molar-refractivity contribution is -0.154. The van der Waals surface area contributed by atoms with Gasteiger partial charge in [-0.2, -0.15) is 0 Å². The van der Waals surface area contributed by atoms with Crippen molar-refractivity contribution in [2.75, 3.05) is 32.8 Å². The second kappa shape index (κ2) is 8.71. The van der Waals surface area contributed by atoms with Crippen LogP contribution >= 0.6 is 0 Å². The summed E-state index contributed by atoms with van der Waals surface area (Å²) in [6, 6.07) is 9.95. The Morgan fingerprint density at radius 3 is 2.79 bits per heavy atom. The molecule has 2 aromatic rings. The first kappa shape index (κ1) is 19.6. The number of morpholine rings is 1. The van der Waals surface area contributed by atoms with Gasteiger partial charge < -0.3 is 24.4 Å². The van der Waals surface area contributed by atoms with Gasteiger partial charge in [0.15, 0.2) is 0 Å². The smallest absolute Gasteiger partial charge is 0.249 e. The number of carbonyl (C=O) groups is 2. The van der Waals surface area contributed by atoms with E-state index in [0.29, 0.717) is 17.2 Å². The number of ether oxygens (including phenoxy) is 3. The highest BCUT2D eigenvalue weighted by Gasteiger charge is 2.34. The molecule has 0 aliphatic carbocycles. The van der Waals surface area contributed by atoms with Crippen LogP contribution in [0.1, 0.15) is 5.56 Å². The topological polar surface area (TPSA) is 77.1 Å². The molecule has 0 radical (unpaired) electrons. The summed E-state index contributed by atoms with van der Waals surface area (Å²) in [6.07, 6.45) is 0. The van der Waals surface area contributed by atoms with E-state index >= 15 is 0 Å². The zero-order chi connectivity index (χ0) is 20.1. The molecule has 1 heterocycles. The third-order valence-corrected chi connectivity index (χ3v) is 4.43. The highest BCUT2D eigenvalue weighted by molar-refractivity contribution is 5.98. The van der Waals surface area contributed by atoms with Gasteiger partial charge in [-0.05, 0) is 30.3 Å². The molecule has 2 amide bonds. The number of nitrogens with one attached hydrogen (secondary N) is 1. The van der Waals surface area contributed by atoms with Gasteiger partial charge in [-0.25, -0.2) is 4.39 Å². The maximum Gasteiger partial charge on any atom is 0.249 e. The van der Waals surface area contributed by atoms with E-state index in [1.54, 1.807) is 31.4 Å². The molecule has 0 aromatic heterocycles. The number of hydrogen-bond donors (Lipinski definition) is 1. The summed E-state index contributed by atoms with van der Waals surface area (Å²) < 4.78 is 29.2. The van der Waals surface area contributed by atoms with Crippen molar-refractivity contribution < 1.29 is 28.2 Å². The lowest BCUT2D eigenvalue weighted by Crippen LogP contribution is -2.54. The average Bonchev–Trinajstić information content (AvgIpc) is 2.69. The van der Waals surface area contributed by atoms with Crippen LogP contribution in [-0.2, 0) is 20.9 Å². The molecular formula is C20H21FN2O5. The fourth-order valence-corrected chi connectivity index (χ4v) is 2.98. The molecule has 28 heavy (non-hydrogen) atoms. The minimum absolute atomic E-state index is 0.0470. The highest BCUT2D eigenvalue weighted by atomic mass is 19.1. The van der Waals surface area contributed by atoms with E-state index < -0.39 is 17.8 Å². The zero-order valence-electron chi connectivity index (χ0n) is 15.6. The number of amides is 2. The maximum atomic E-state index is 13.4. The first-order valence-electron chi connectivity index (χ1n) is 8.66. The summed E-state index contributed by atoms with van der Waals surface area (Å²) in [5, 5.41) is 2.63. The second-order valence-electron chi connectivity index (χ2n) is 6.23. The van der Waals surface area contributed by atoms with Crippen molar-refractivity contribution in [2.24, 2.45) is 0 Å². The van der Waals surface area contributed by atoms with Crippen LogP contribution < -0.4 is 14.8 Å². The minimum Gasteiger partial charge on any atom is -0.497 e. The van der Waals surface area contributed by atoms with E-state index in [1.165, 1.54) is 30.2 Å². The quantitative estimate of drug-likeness (QED) is 0.821. The SMILES string of the molecule is COc1ccc(CN2C(=O)COC[C@H]2C(=O)Nc2cccc(F)c2)c(OC)c1. The van der Waals surface area contributed by atoms with Crippen LogP contribution in [0.2, 0.25) is 0 Å². The van der Waals surface area contributed by atoms with Crippen LogP contribution in [0.25, 0.3) is 0 Å². The number of nitrogens with zero attached hydrogens (tertiary/aromatic N) is 1. The molecule has 7 nitrogen and oxygen atoms in total. The standard InChI is InChI=1S/C20H21FN2O5/c1-26-16-7-6-13(18(9-16)27-2)10-23-17(11-28-12-19(23)24)20(25)22-15-5-3-4-14(21)8-15/h3-9,17H,10-12H2,1-2H3,(H,22,25)/t17-/m0/s1. The molecule has 0 saturated carbocycles. The maximum absolute atomic E-state index is 13.4. The Bertz CT molecular complexity index is 873. The number of rotatable bonds is 6. The van der Waals surface area contributed by atoms with Gasteiger partial charge in [0.25, 0.3) is 0 Å². The van der Waals surface area contributed by atoms with Crippen LogP contribution in [-0.4, -0.2) is 50.2 Å². The Hall–Kier alpha value is -3.13. The van der Waals surface area contributed by atoms with Crippen molar-refractivity contribution in [1.82, 2.24) is 4.90 Å². The summed E-state index contributed by atoms with van der Waals surface area (Å²) in [4.78, 5) is 26.6. The van der Waals surface area contributed by atoms with Crippen LogP contribution in [0.4, 0.5) is 10.1 Å². The van der Waals surface area contributed by atoms with E-state index in [2.05, 4.69) is 5.32 Å². The van der Waals surface area contributed by atoms with Gasteiger partial charge in [-0.1, -0.05) is 6.07 Å².